The fourth-order valence-electron chi connectivity index (χ4n) is 2.47. The van der Waals surface area contributed by atoms with Gasteiger partial charge in [0.25, 0.3) is 0 Å². The van der Waals surface area contributed by atoms with Crippen LogP contribution in [0.1, 0.15) is 26.2 Å². The van der Waals surface area contributed by atoms with E-state index in [1.54, 1.807) is 11.9 Å². The Balaban J connectivity index is 1.82. The van der Waals surface area contributed by atoms with Crippen LogP contribution in [0.25, 0.3) is 0 Å². The Bertz CT molecular complexity index is 313. The van der Waals surface area contributed by atoms with Gasteiger partial charge in [-0.2, -0.15) is 0 Å². The van der Waals surface area contributed by atoms with E-state index in [1.165, 1.54) is 0 Å². The molecule has 5 heteroatoms. The molecule has 0 spiro atoms. The summed E-state index contributed by atoms with van der Waals surface area (Å²) in [4.78, 5) is 24.9. The van der Waals surface area contributed by atoms with E-state index in [1.807, 2.05) is 6.92 Å². The Morgan fingerprint density at radius 1 is 1.59 bits per heavy atom. The molecule has 2 saturated heterocycles. The third-order valence-electron chi connectivity index (χ3n) is 3.60. The Kier molecular flexibility index (Phi) is 3.66. The van der Waals surface area contributed by atoms with E-state index in [4.69, 9.17) is 4.74 Å². The molecule has 0 aromatic carbocycles. The summed E-state index contributed by atoms with van der Waals surface area (Å²) in [7, 11) is 1.74. The molecule has 17 heavy (non-hydrogen) atoms. The van der Waals surface area contributed by atoms with Gasteiger partial charge in [-0.1, -0.05) is 0 Å². The summed E-state index contributed by atoms with van der Waals surface area (Å²) in [5.74, 6) is -0.169. The second-order valence-electron chi connectivity index (χ2n) is 5.02. The van der Waals surface area contributed by atoms with Crippen LogP contribution in [0.2, 0.25) is 0 Å². The Labute approximate surface area is 101 Å². The topological polar surface area (TPSA) is 58.6 Å². The second-order valence-corrected chi connectivity index (χ2v) is 5.02. The van der Waals surface area contributed by atoms with Crippen LogP contribution in [-0.4, -0.2) is 49.1 Å². The Morgan fingerprint density at radius 2 is 2.35 bits per heavy atom. The van der Waals surface area contributed by atoms with Crippen LogP contribution in [0, 0.1) is 5.92 Å². The number of carbonyl (C=O) groups excluding carboxylic acids is 2. The molecule has 2 amide bonds. The Morgan fingerprint density at radius 3 is 2.88 bits per heavy atom. The van der Waals surface area contributed by atoms with E-state index in [9.17, 15) is 9.59 Å². The molecule has 0 radical (unpaired) electrons. The van der Waals surface area contributed by atoms with Crippen molar-refractivity contribution in [1.82, 2.24) is 10.2 Å². The highest BCUT2D eigenvalue weighted by atomic mass is 16.5. The van der Waals surface area contributed by atoms with Gasteiger partial charge in [-0.3, -0.25) is 9.59 Å². The van der Waals surface area contributed by atoms with E-state index in [-0.39, 0.29) is 29.9 Å². The van der Waals surface area contributed by atoms with Gasteiger partial charge in [0.1, 0.15) is 0 Å². The largest absolute Gasteiger partial charge is 0.376 e. The summed E-state index contributed by atoms with van der Waals surface area (Å²) in [6.45, 7) is 3.28. The lowest BCUT2D eigenvalue weighted by atomic mass is 10.1. The minimum atomic E-state index is -0.198. The minimum absolute atomic E-state index is 0.0225. The van der Waals surface area contributed by atoms with Crippen molar-refractivity contribution in [2.24, 2.45) is 5.92 Å². The fraction of sp³-hybridized carbons (Fsp3) is 0.833. The molecular formula is C12H20N2O3. The van der Waals surface area contributed by atoms with Crippen LogP contribution in [0.3, 0.4) is 0 Å². The SMILES string of the molecule is C[C@H](NC(=O)[C@H]1CC(=O)N(C)C1)[C@H]1CCCO1. The minimum Gasteiger partial charge on any atom is -0.376 e. The van der Waals surface area contributed by atoms with Gasteiger partial charge in [0, 0.05) is 26.6 Å². The summed E-state index contributed by atoms with van der Waals surface area (Å²) in [6.07, 6.45) is 2.54. The molecule has 0 unspecified atom stereocenters. The quantitative estimate of drug-likeness (QED) is 0.764. The zero-order valence-corrected chi connectivity index (χ0v) is 10.4. The third-order valence-corrected chi connectivity index (χ3v) is 3.60. The summed E-state index contributed by atoms with van der Waals surface area (Å²) in [5, 5.41) is 2.96. The summed E-state index contributed by atoms with van der Waals surface area (Å²) in [5.41, 5.74) is 0. The molecule has 1 N–H and O–H groups in total. The summed E-state index contributed by atoms with van der Waals surface area (Å²) < 4.78 is 5.53. The molecule has 0 aromatic heterocycles. The molecule has 5 nitrogen and oxygen atoms in total. The van der Waals surface area contributed by atoms with E-state index in [0.717, 1.165) is 19.4 Å². The smallest absolute Gasteiger partial charge is 0.225 e. The van der Waals surface area contributed by atoms with Crippen LogP contribution >= 0.6 is 0 Å². The number of rotatable bonds is 3. The fourth-order valence-corrected chi connectivity index (χ4v) is 2.47. The number of ether oxygens (including phenoxy) is 1. The highest BCUT2D eigenvalue weighted by molar-refractivity contribution is 5.89. The second kappa shape index (κ2) is 5.04. The lowest BCUT2D eigenvalue weighted by Crippen LogP contribution is -2.44. The van der Waals surface area contributed by atoms with Crippen molar-refractivity contribution < 1.29 is 14.3 Å². The summed E-state index contributed by atoms with van der Waals surface area (Å²) in [6, 6.07) is 0.0333. The van der Waals surface area contributed by atoms with E-state index >= 15 is 0 Å². The zero-order valence-electron chi connectivity index (χ0n) is 10.4. The highest BCUT2D eigenvalue weighted by Crippen LogP contribution is 2.18. The maximum Gasteiger partial charge on any atom is 0.225 e. The number of hydrogen-bond donors (Lipinski definition) is 1. The normalized spacial score (nSPS) is 30.7. The summed E-state index contributed by atoms with van der Waals surface area (Å²) >= 11 is 0. The molecule has 96 valence electrons. The molecule has 2 aliphatic rings. The third kappa shape index (κ3) is 2.77. The van der Waals surface area contributed by atoms with Crippen molar-refractivity contribution >= 4 is 11.8 Å². The molecule has 0 aliphatic carbocycles. The molecule has 0 bridgehead atoms. The molecule has 2 rings (SSSR count). The number of nitrogens with zero attached hydrogens (tertiary/aromatic N) is 1. The first-order valence-corrected chi connectivity index (χ1v) is 6.24. The molecule has 0 aromatic rings. The molecule has 2 heterocycles. The van der Waals surface area contributed by atoms with Gasteiger partial charge in [-0.15, -0.1) is 0 Å². The van der Waals surface area contributed by atoms with Crippen LogP contribution in [0.15, 0.2) is 0 Å². The van der Waals surface area contributed by atoms with Gasteiger partial charge in [0.05, 0.1) is 18.1 Å². The van der Waals surface area contributed by atoms with E-state index in [0.29, 0.717) is 13.0 Å². The van der Waals surface area contributed by atoms with Gasteiger partial charge >= 0.3 is 0 Å². The zero-order chi connectivity index (χ0) is 12.4. The average Bonchev–Trinajstić information content (AvgIpc) is 2.89. The predicted molar refractivity (Wildman–Crippen MR) is 62.3 cm³/mol. The number of carbonyl (C=O) groups is 2. The van der Waals surface area contributed by atoms with Crippen LogP contribution < -0.4 is 5.32 Å². The van der Waals surface area contributed by atoms with Gasteiger partial charge in [0.2, 0.25) is 11.8 Å². The van der Waals surface area contributed by atoms with Gasteiger partial charge in [-0.05, 0) is 19.8 Å². The van der Waals surface area contributed by atoms with Crippen LogP contribution in [0.4, 0.5) is 0 Å². The lowest BCUT2D eigenvalue weighted by Gasteiger charge is -2.21. The first-order valence-electron chi connectivity index (χ1n) is 6.24. The van der Waals surface area contributed by atoms with Crippen LogP contribution in [0.5, 0.6) is 0 Å². The van der Waals surface area contributed by atoms with Crippen molar-refractivity contribution in [3.8, 4) is 0 Å². The first-order chi connectivity index (χ1) is 8.08. The van der Waals surface area contributed by atoms with E-state index in [2.05, 4.69) is 5.32 Å². The van der Waals surface area contributed by atoms with Crippen LogP contribution in [-0.2, 0) is 14.3 Å². The molecular weight excluding hydrogens is 220 g/mol. The lowest BCUT2D eigenvalue weighted by molar-refractivity contribution is -0.128. The van der Waals surface area contributed by atoms with Crippen molar-refractivity contribution in [2.75, 3.05) is 20.2 Å². The van der Waals surface area contributed by atoms with Crippen molar-refractivity contribution in [3.63, 3.8) is 0 Å². The van der Waals surface area contributed by atoms with E-state index < -0.39 is 0 Å². The molecule has 0 saturated carbocycles. The highest BCUT2D eigenvalue weighted by Gasteiger charge is 2.33. The van der Waals surface area contributed by atoms with Gasteiger partial charge in [0.15, 0.2) is 0 Å². The Hall–Kier alpha value is -1.10. The molecule has 3 atom stereocenters. The van der Waals surface area contributed by atoms with Gasteiger partial charge < -0.3 is 15.0 Å². The predicted octanol–water partition coefficient (Wildman–Crippen LogP) is 0.148. The number of hydrogen-bond acceptors (Lipinski definition) is 3. The first kappa shape index (κ1) is 12.4. The average molecular weight is 240 g/mol. The molecule has 2 fully saturated rings. The number of likely N-dealkylation sites (tertiary alicyclic amines) is 1. The maximum atomic E-state index is 12.0. The monoisotopic (exact) mass is 240 g/mol. The van der Waals surface area contributed by atoms with Crippen molar-refractivity contribution in [1.29, 1.82) is 0 Å². The number of amides is 2. The standard InChI is InChI=1S/C12H20N2O3/c1-8(10-4-3-5-17-10)13-12(16)9-6-11(15)14(2)7-9/h8-10H,3-7H2,1-2H3,(H,13,16)/t8-,9-,10+/m0/s1. The number of nitrogens with one attached hydrogen (secondary N) is 1. The van der Waals surface area contributed by atoms with Gasteiger partial charge in [-0.25, -0.2) is 0 Å². The molecule has 2 aliphatic heterocycles. The van der Waals surface area contributed by atoms with Crippen molar-refractivity contribution in [3.05, 3.63) is 0 Å². The van der Waals surface area contributed by atoms with Crippen molar-refractivity contribution in [2.45, 2.75) is 38.3 Å². The maximum absolute atomic E-state index is 12.0.